The summed E-state index contributed by atoms with van der Waals surface area (Å²) in [5, 5.41) is 11.7. The van der Waals surface area contributed by atoms with Crippen LogP contribution < -0.4 is 19.5 Å². The van der Waals surface area contributed by atoms with E-state index >= 15 is 0 Å². The van der Waals surface area contributed by atoms with Crippen LogP contribution in [0.2, 0.25) is 0 Å². The first-order valence-corrected chi connectivity index (χ1v) is 11.8. The third-order valence-corrected chi connectivity index (χ3v) is 5.74. The minimum Gasteiger partial charge on any atom is -0.494 e. The second-order valence-corrected chi connectivity index (χ2v) is 9.27. The molecule has 2 aromatic heterocycles. The van der Waals surface area contributed by atoms with E-state index in [0.29, 0.717) is 28.1 Å². The molecule has 2 heterocycles. The van der Waals surface area contributed by atoms with E-state index in [2.05, 4.69) is 25.2 Å². The maximum absolute atomic E-state index is 11.0. The molecule has 0 saturated heterocycles. The van der Waals surface area contributed by atoms with Crippen molar-refractivity contribution < 1.29 is 22.3 Å². The van der Waals surface area contributed by atoms with E-state index < -0.39 is 10.0 Å². The molecule has 2 aromatic carbocycles. The summed E-state index contributed by atoms with van der Waals surface area (Å²) in [7, 11) is -1.62. The molecule has 0 amide bonds. The minimum absolute atomic E-state index is 0.191. The van der Waals surface area contributed by atoms with E-state index in [0.717, 1.165) is 16.5 Å². The van der Waals surface area contributed by atoms with Crippen LogP contribution in [-0.2, 0) is 10.0 Å². The Morgan fingerprint density at radius 1 is 1.13 bits per heavy atom. The number of aromatic nitrogens is 3. The second kappa shape index (κ2) is 8.88. The summed E-state index contributed by atoms with van der Waals surface area (Å²) in [6, 6.07) is 13.0. The van der Waals surface area contributed by atoms with E-state index in [4.69, 9.17) is 13.9 Å². The summed E-state index contributed by atoms with van der Waals surface area (Å²) in [5.74, 6) is 1.63. The normalized spacial score (nSPS) is 11.5. The maximum atomic E-state index is 11.0. The SMILES string of the molecule is COc1cccc2sc(Nc3nnc(-c4ccc(OCCNS(C)(=O)=O)cc4)o3)nc12. The molecule has 4 rings (SSSR count). The lowest BCUT2D eigenvalue weighted by Crippen LogP contribution is -2.26. The van der Waals surface area contributed by atoms with Crippen LogP contribution in [0.3, 0.4) is 0 Å². The predicted molar refractivity (Wildman–Crippen MR) is 118 cm³/mol. The molecule has 0 aliphatic carbocycles. The maximum Gasteiger partial charge on any atom is 0.322 e. The summed E-state index contributed by atoms with van der Waals surface area (Å²) >= 11 is 1.45. The molecule has 0 saturated carbocycles. The lowest BCUT2D eigenvalue weighted by atomic mass is 10.2. The molecule has 0 unspecified atom stereocenters. The number of sulfonamides is 1. The van der Waals surface area contributed by atoms with Gasteiger partial charge in [0.1, 0.15) is 23.6 Å². The van der Waals surface area contributed by atoms with E-state index in [-0.39, 0.29) is 19.2 Å². The highest BCUT2D eigenvalue weighted by atomic mass is 32.2. The highest BCUT2D eigenvalue weighted by Crippen LogP contribution is 2.33. The lowest BCUT2D eigenvalue weighted by Gasteiger charge is -2.06. The van der Waals surface area contributed by atoms with Crippen molar-refractivity contribution in [2.45, 2.75) is 0 Å². The van der Waals surface area contributed by atoms with Gasteiger partial charge in [-0.25, -0.2) is 18.1 Å². The molecule has 0 atom stereocenters. The van der Waals surface area contributed by atoms with E-state index in [1.165, 1.54) is 11.3 Å². The van der Waals surface area contributed by atoms with Crippen molar-refractivity contribution in [3.8, 4) is 23.0 Å². The van der Waals surface area contributed by atoms with Crippen molar-refractivity contribution in [2.75, 3.05) is 31.8 Å². The fourth-order valence-corrected chi connectivity index (χ4v) is 4.04. The van der Waals surface area contributed by atoms with Gasteiger partial charge < -0.3 is 13.9 Å². The van der Waals surface area contributed by atoms with Crippen molar-refractivity contribution in [2.24, 2.45) is 0 Å². The zero-order valence-corrected chi connectivity index (χ0v) is 18.3. The molecule has 0 aliphatic heterocycles. The number of ether oxygens (including phenoxy) is 2. The number of hydrogen-bond donors (Lipinski definition) is 2. The molecule has 12 heteroatoms. The molecule has 10 nitrogen and oxygen atoms in total. The summed E-state index contributed by atoms with van der Waals surface area (Å²) in [4.78, 5) is 4.52. The van der Waals surface area contributed by atoms with Crippen LogP contribution in [0.5, 0.6) is 11.5 Å². The Balaban J connectivity index is 1.39. The number of hydrogen-bond acceptors (Lipinski definition) is 10. The van der Waals surface area contributed by atoms with Crippen LogP contribution in [0, 0.1) is 0 Å². The number of thiazole rings is 1. The largest absolute Gasteiger partial charge is 0.494 e. The molecule has 0 fully saturated rings. The Bertz CT molecular complexity index is 1280. The van der Waals surface area contributed by atoms with Gasteiger partial charge >= 0.3 is 6.01 Å². The smallest absolute Gasteiger partial charge is 0.322 e. The van der Waals surface area contributed by atoms with Gasteiger partial charge in [0.2, 0.25) is 15.9 Å². The number of anilines is 2. The second-order valence-electron chi connectivity index (χ2n) is 6.40. The van der Waals surface area contributed by atoms with Crippen molar-refractivity contribution >= 4 is 42.7 Å². The molecular weight excluding hydrogens is 442 g/mol. The van der Waals surface area contributed by atoms with Crippen molar-refractivity contribution in [3.63, 3.8) is 0 Å². The lowest BCUT2D eigenvalue weighted by molar-refractivity contribution is 0.323. The van der Waals surface area contributed by atoms with Gasteiger partial charge in [-0.15, -0.1) is 5.10 Å². The minimum atomic E-state index is -3.23. The fourth-order valence-electron chi connectivity index (χ4n) is 2.71. The Labute approximate surface area is 182 Å². The molecule has 0 aliphatic rings. The Morgan fingerprint density at radius 3 is 2.68 bits per heavy atom. The Kier molecular flexibility index (Phi) is 6.02. The standard InChI is InChI=1S/C19H19N5O5S2/c1-27-14-4-3-5-15-16(14)21-19(30-15)22-18-24-23-17(29-18)12-6-8-13(9-7-12)28-11-10-20-31(2,25)26/h3-9,20H,10-11H2,1-2H3,(H,21,22,24). The molecule has 4 aromatic rings. The third-order valence-electron chi connectivity index (χ3n) is 4.08. The molecular formula is C19H19N5O5S2. The van der Waals surface area contributed by atoms with Gasteiger partial charge in [-0.3, -0.25) is 5.32 Å². The first-order chi connectivity index (χ1) is 14.9. The number of nitrogens with zero attached hydrogens (tertiary/aromatic N) is 3. The van der Waals surface area contributed by atoms with Crippen LogP contribution in [-0.4, -0.2) is 50.1 Å². The van der Waals surface area contributed by atoms with Gasteiger partial charge in [0.15, 0.2) is 5.13 Å². The number of rotatable bonds is 9. The van der Waals surface area contributed by atoms with E-state index in [1.807, 2.05) is 18.2 Å². The van der Waals surface area contributed by atoms with Gasteiger partial charge in [0.05, 0.1) is 18.1 Å². The number of benzene rings is 2. The topological polar surface area (TPSA) is 128 Å². The average molecular weight is 462 g/mol. The van der Waals surface area contributed by atoms with Gasteiger partial charge in [0.25, 0.3) is 0 Å². The first kappa shape index (κ1) is 21.0. The Morgan fingerprint density at radius 2 is 1.94 bits per heavy atom. The summed E-state index contributed by atoms with van der Waals surface area (Å²) in [5.41, 5.74) is 1.48. The van der Waals surface area contributed by atoms with E-state index in [9.17, 15) is 8.42 Å². The molecule has 162 valence electrons. The molecule has 2 N–H and O–H groups in total. The summed E-state index contributed by atoms with van der Waals surface area (Å²) < 4.78 is 41.9. The van der Waals surface area contributed by atoms with Crippen LogP contribution in [0.25, 0.3) is 21.7 Å². The van der Waals surface area contributed by atoms with Crippen molar-refractivity contribution in [1.82, 2.24) is 19.9 Å². The van der Waals surface area contributed by atoms with Crippen LogP contribution in [0.15, 0.2) is 46.9 Å². The van der Waals surface area contributed by atoms with E-state index in [1.54, 1.807) is 31.4 Å². The highest BCUT2D eigenvalue weighted by molar-refractivity contribution is 7.88. The van der Waals surface area contributed by atoms with Gasteiger partial charge in [-0.2, -0.15) is 0 Å². The fraction of sp³-hybridized carbons (Fsp3) is 0.211. The van der Waals surface area contributed by atoms with Crippen molar-refractivity contribution in [1.29, 1.82) is 0 Å². The number of para-hydroxylation sites is 1. The van der Waals surface area contributed by atoms with Gasteiger partial charge in [0, 0.05) is 12.1 Å². The monoisotopic (exact) mass is 461 g/mol. The molecule has 0 bridgehead atoms. The van der Waals surface area contributed by atoms with Gasteiger partial charge in [-0.05, 0) is 36.4 Å². The highest BCUT2D eigenvalue weighted by Gasteiger charge is 2.13. The molecule has 0 spiro atoms. The average Bonchev–Trinajstić information content (AvgIpc) is 3.37. The number of methoxy groups -OCH3 is 1. The first-order valence-electron chi connectivity index (χ1n) is 9.13. The van der Waals surface area contributed by atoms with Crippen LogP contribution in [0.4, 0.5) is 11.1 Å². The predicted octanol–water partition coefficient (Wildman–Crippen LogP) is 3.03. The summed E-state index contributed by atoms with van der Waals surface area (Å²) in [6.07, 6.45) is 1.10. The number of nitrogens with one attached hydrogen (secondary N) is 2. The van der Waals surface area contributed by atoms with Gasteiger partial charge in [-0.1, -0.05) is 22.5 Å². The quantitative estimate of drug-likeness (QED) is 0.361. The third kappa shape index (κ3) is 5.29. The number of fused-ring (bicyclic) bond motifs is 1. The molecule has 31 heavy (non-hydrogen) atoms. The Hall–Kier alpha value is -3.22. The van der Waals surface area contributed by atoms with Crippen molar-refractivity contribution in [3.05, 3.63) is 42.5 Å². The zero-order valence-electron chi connectivity index (χ0n) is 16.7. The zero-order chi connectivity index (χ0) is 21.8. The van der Waals surface area contributed by atoms with Crippen LogP contribution in [0.1, 0.15) is 0 Å². The molecule has 0 radical (unpaired) electrons. The van der Waals surface area contributed by atoms with Crippen LogP contribution >= 0.6 is 11.3 Å². The summed E-state index contributed by atoms with van der Waals surface area (Å²) in [6.45, 7) is 0.408.